The van der Waals surface area contributed by atoms with Crippen LogP contribution in [-0.2, 0) is 4.79 Å². The molecule has 8 nitrogen and oxygen atoms in total. The third kappa shape index (κ3) is 4.42. The van der Waals surface area contributed by atoms with E-state index in [-0.39, 0.29) is 11.9 Å². The number of hydrogen-bond donors (Lipinski definition) is 2. The number of thiazole rings is 1. The summed E-state index contributed by atoms with van der Waals surface area (Å²) in [7, 11) is 0. The van der Waals surface area contributed by atoms with Crippen LogP contribution in [0.5, 0.6) is 0 Å². The number of nitrogens with zero attached hydrogens (tertiary/aromatic N) is 5. The van der Waals surface area contributed by atoms with E-state index in [9.17, 15) is 4.79 Å². The minimum atomic E-state index is 0.0989. The summed E-state index contributed by atoms with van der Waals surface area (Å²) in [4.78, 5) is 27.0. The number of rotatable bonds is 6. The molecule has 130 valence electrons. The van der Waals surface area contributed by atoms with E-state index in [4.69, 9.17) is 5.26 Å². The van der Waals surface area contributed by atoms with Crippen LogP contribution < -0.4 is 15.5 Å². The summed E-state index contributed by atoms with van der Waals surface area (Å²) in [5.41, 5.74) is 0. The molecule has 1 amide bonds. The van der Waals surface area contributed by atoms with Gasteiger partial charge in [0.25, 0.3) is 0 Å². The number of aromatic nitrogens is 3. The highest BCUT2D eigenvalue weighted by atomic mass is 32.1. The molecule has 1 fully saturated rings. The van der Waals surface area contributed by atoms with Gasteiger partial charge in [-0.2, -0.15) is 5.26 Å². The van der Waals surface area contributed by atoms with Crippen LogP contribution in [0, 0.1) is 17.2 Å². The molecule has 3 heterocycles. The molecule has 1 saturated heterocycles. The zero-order valence-corrected chi connectivity index (χ0v) is 14.9. The minimum absolute atomic E-state index is 0.0989. The van der Waals surface area contributed by atoms with Crippen LogP contribution in [0.25, 0.3) is 0 Å². The molecule has 2 N–H and O–H groups in total. The zero-order chi connectivity index (χ0) is 17.8. The van der Waals surface area contributed by atoms with E-state index in [2.05, 4.69) is 36.6 Å². The number of nitriles is 1. The highest BCUT2D eigenvalue weighted by Gasteiger charge is 2.29. The Morgan fingerprint density at radius 1 is 1.44 bits per heavy atom. The van der Waals surface area contributed by atoms with Crippen LogP contribution in [0.3, 0.4) is 0 Å². The lowest BCUT2D eigenvalue weighted by atomic mass is 9.96. The van der Waals surface area contributed by atoms with Crippen molar-refractivity contribution in [3.8, 4) is 6.07 Å². The van der Waals surface area contributed by atoms with Crippen molar-refractivity contribution in [1.29, 1.82) is 5.26 Å². The average Bonchev–Trinajstić information content (AvgIpc) is 2.97. The van der Waals surface area contributed by atoms with E-state index in [1.807, 2.05) is 19.9 Å². The third-order valence-corrected chi connectivity index (χ3v) is 4.53. The van der Waals surface area contributed by atoms with Crippen LogP contribution in [0.2, 0.25) is 0 Å². The number of nitrogens with one attached hydrogen (secondary N) is 2. The van der Waals surface area contributed by atoms with Crippen molar-refractivity contribution in [2.75, 3.05) is 23.3 Å². The van der Waals surface area contributed by atoms with E-state index >= 15 is 0 Å². The molecular formula is C16H19N7OS. The molecule has 3 rings (SSSR count). The van der Waals surface area contributed by atoms with Gasteiger partial charge in [-0.05, 0) is 13.8 Å². The van der Waals surface area contributed by atoms with Crippen LogP contribution in [-0.4, -0.2) is 40.0 Å². The van der Waals surface area contributed by atoms with Gasteiger partial charge in [-0.15, -0.1) is 0 Å². The first-order valence-corrected chi connectivity index (χ1v) is 8.84. The number of carbonyl (C=O) groups excluding carboxylic acids is 1. The topological polar surface area (TPSA) is 107 Å². The Labute approximate surface area is 149 Å². The highest BCUT2D eigenvalue weighted by Crippen LogP contribution is 2.27. The summed E-state index contributed by atoms with van der Waals surface area (Å²) in [5.74, 6) is 1.89. The van der Waals surface area contributed by atoms with Crippen molar-refractivity contribution in [2.45, 2.75) is 26.3 Å². The summed E-state index contributed by atoms with van der Waals surface area (Å²) in [6.07, 6.45) is 3.56. The largest absolute Gasteiger partial charge is 0.356 e. The lowest BCUT2D eigenvalue weighted by molar-refractivity contribution is -0.122. The van der Waals surface area contributed by atoms with E-state index in [0.29, 0.717) is 28.2 Å². The van der Waals surface area contributed by atoms with Gasteiger partial charge in [0.15, 0.2) is 5.13 Å². The molecule has 1 aliphatic heterocycles. The second-order valence-corrected chi connectivity index (χ2v) is 7.26. The van der Waals surface area contributed by atoms with Crippen LogP contribution in [0.4, 0.5) is 16.8 Å². The van der Waals surface area contributed by atoms with Crippen molar-refractivity contribution in [3.63, 3.8) is 0 Å². The molecule has 0 spiro atoms. The third-order valence-electron chi connectivity index (χ3n) is 3.71. The summed E-state index contributed by atoms with van der Waals surface area (Å²) in [5, 5.41) is 15.5. The fourth-order valence-corrected chi connectivity index (χ4v) is 3.23. The zero-order valence-electron chi connectivity index (χ0n) is 14.1. The number of anilines is 3. The summed E-state index contributed by atoms with van der Waals surface area (Å²) in [6, 6.07) is 4.07. The van der Waals surface area contributed by atoms with E-state index < -0.39 is 0 Å². The van der Waals surface area contributed by atoms with Gasteiger partial charge in [-0.3, -0.25) is 4.79 Å². The van der Waals surface area contributed by atoms with Crippen LogP contribution in [0.15, 0.2) is 18.6 Å². The maximum Gasteiger partial charge on any atom is 0.220 e. The molecule has 2 aromatic rings. The van der Waals surface area contributed by atoms with Crippen LogP contribution >= 0.6 is 11.3 Å². The van der Waals surface area contributed by atoms with Gasteiger partial charge in [0, 0.05) is 37.5 Å². The molecular weight excluding hydrogens is 338 g/mol. The Bertz CT molecular complexity index is 792. The Morgan fingerprint density at radius 2 is 2.24 bits per heavy atom. The molecule has 0 aliphatic carbocycles. The first-order chi connectivity index (χ1) is 12.0. The minimum Gasteiger partial charge on any atom is -0.356 e. The lowest BCUT2D eigenvalue weighted by Gasteiger charge is -2.40. The molecule has 2 aromatic heterocycles. The normalized spacial score (nSPS) is 14.1. The fraction of sp³-hybridized carbons (Fsp3) is 0.438. The summed E-state index contributed by atoms with van der Waals surface area (Å²) >= 11 is 1.27. The van der Waals surface area contributed by atoms with Gasteiger partial charge in [-0.25, -0.2) is 15.0 Å². The Hall–Kier alpha value is -2.73. The number of hydrogen-bond acceptors (Lipinski definition) is 8. The maximum absolute atomic E-state index is 11.8. The van der Waals surface area contributed by atoms with Crippen molar-refractivity contribution in [3.05, 3.63) is 23.5 Å². The predicted octanol–water partition coefficient (Wildman–Crippen LogP) is 1.90. The molecule has 0 bridgehead atoms. The SMILES string of the molecule is CC(C)NC(=O)CC1CN(c2cc(Nc3ncc(C#N)s3)ncn2)C1. The molecule has 0 saturated carbocycles. The molecule has 0 aromatic carbocycles. The summed E-state index contributed by atoms with van der Waals surface area (Å²) < 4.78 is 0. The molecule has 0 unspecified atom stereocenters. The monoisotopic (exact) mass is 357 g/mol. The molecule has 9 heteroatoms. The Morgan fingerprint density at radius 3 is 2.92 bits per heavy atom. The van der Waals surface area contributed by atoms with E-state index in [0.717, 1.165) is 18.9 Å². The molecule has 25 heavy (non-hydrogen) atoms. The van der Waals surface area contributed by atoms with Gasteiger partial charge in [0.2, 0.25) is 5.91 Å². The Kier molecular flexibility index (Phi) is 5.09. The van der Waals surface area contributed by atoms with Gasteiger partial charge in [0.1, 0.15) is 28.9 Å². The van der Waals surface area contributed by atoms with E-state index in [1.54, 1.807) is 0 Å². The van der Waals surface area contributed by atoms with E-state index in [1.165, 1.54) is 23.9 Å². The predicted molar refractivity (Wildman–Crippen MR) is 95.7 cm³/mol. The quantitative estimate of drug-likeness (QED) is 0.813. The molecule has 1 aliphatic rings. The molecule has 0 atom stereocenters. The van der Waals surface area contributed by atoms with Crippen molar-refractivity contribution >= 4 is 34.0 Å². The standard InChI is InChI=1S/C16H19N7OS/c1-10(2)21-15(24)3-11-7-23(8-11)14-4-13(19-9-20-14)22-16-18-6-12(5-17)25-16/h4,6,9-11H,3,7-8H2,1-2H3,(H,21,24)(H,18,19,20,22). The first-order valence-electron chi connectivity index (χ1n) is 8.03. The smallest absolute Gasteiger partial charge is 0.220 e. The summed E-state index contributed by atoms with van der Waals surface area (Å²) in [6.45, 7) is 5.53. The van der Waals surface area contributed by atoms with Crippen LogP contribution in [0.1, 0.15) is 25.1 Å². The van der Waals surface area contributed by atoms with Gasteiger partial charge >= 0.3 is 0 Å². The van der Waals surface area contributed by atoms with Gasteiger partial charge < -0.3 is 15.5 Å². The first kappa shape index (κ1) is 17.1. The fourth-order valence-electron chi connectivity index (χ4n) is 2.61. The second-order valence-electron chi connectivity index (χ2n) is 6.23. The lowest BCUT2D eigenvalue weighted by Crippen LogP contribution is -2.49. The maximum atomic E-state index is 11.8. The van der Waals surface area contributed by atoms with Crippen molar-refractivity contribution < 1.29 is 4.79 Å². The number of amides is 1. The van der Waals surface area contributed by atoms with Gasteiger partial charge in [0.05, 0.1) is 6.20 Å². The van der Waals surface area contributed by atoms with Crippen molar-refractivity contribution in [1.82, 2.24) is 20.3 Å². The average molecular weight is 357 g/mol. The van der Waals surface area contributed by atoms with Crippen molar-refractivity contribution in [2.24, 2.45) is 5.92 Å². The van der Waals surface area contributed by atoms with Gasteiger partial charge in [-0.1, -0.05) is 11.3 Å². The second kappa shape index (κ2) is 7.44. The highest BCUT2D eigenvalue weighted by molar-refractivity contribution is 7.16. The number of carbonyl (C=O) groups is 1. The Balaban J connectivity index is 1.54. The molecule has 0 radical (unpaired) electrons.